The third-order valence-corrected chi connectivity index (χ3v) is 2.77. The van der Waals surface area contributed by atoms with E-state index in [0.29, 0.717) is 5.92 Å². The molecule has 2 atom stereocenters. The predicted octanol–water partition coefficient (Wildman–Crippen LogP) is 3.82. The Labute approximate surface area is 98.8 Å². The van der Waals surface area contributed by atoms with Crippen molar-refractivity contribution in [2.75, 3.05) is 0 Å². The molecule has 1 aromatic rings. The normalized spacial score (nSPS) is 14.3. The first kappa shape index (κ1) is 13.0. The molecule has 0 amide bonds. The molecule has 88 valence electrons. The van der Waals surface area contributed by atoms with Crippen LogP contribution in [-0.4, -0.2) is 11.2 Å². The van der Waals surface area contributed by atoms with Gasteiger partial charge in [0.2, 0.25) is 0 Å². The molecule has 16 heavy (non-hydrogen) atoms. The van der Waals surface area contributed by atoms with Crippen LogP contribution < -0.4 is 0 Å². The van der Waals surface area contributed by atoms with E-state index in [-0.39, 0.29) is 6.10 Å². The number of rotatable bonds is 4. The van der Waals surface area contributed by atoms with Crippen LogP contribution in [0, 0.1) is 6.92 Å². The first-order valence-corrected chi connectivity index (χ1v) is 5.88. The summed E-state index contributed by atoms with van der Waals surface area (Å²) in [6.07, 6.45) is 2.38. The standard InChI is InChI=1S/C15H22O/c1-11(2)9-15(16)10-13(4)14-7-5-12(3)6-8-14/h5-9,13,15-16H,10H2,1-4H3/t13-,15+/m0/s1. The van der Waals surface area contributed by atoms with Crippen molar-refractivity contribution in [1.82, 2.24) is 0 Å². The van der Waals surface area contributed by atoms with E-state index in [1.165, 1.54) is 16.7 Å². The van der Waals surface area contributed by atoms with Crippen LogP contribution >= 0.6 is 0 Å². The van der Waals surface area contributed by atoms with Gasteiger partial charge in [0.05, 0.1) is 6.10 Å². The maximum Gasteiger partial charge on any atom is 0.0729 e. The largest absolute Gasteiger partial charge is 0.389 e. The molecule has 0 aliphatic rings. The zero-order valence-corrected chi connectivity index (χ0v) is 10.7. The molecule has 0 heterocycles. The van der Waals surface area contributed by atoms with Crippen molar-refractivity contribution in [3.63, 3.8) is 0 Å². The lowest BCUT2D eigenvalue weighted by Crippen LogP contribution is -2.08. The second-order valence-electron chi connectivity index (χ2n) is 4.86. The van der Waals surface area contributed by atoms with Gasteiger partial charge in [-0.15, -0.1) is 0 Å². The van der Waals surface area contributed by atoms with Gasteiger partial charge in [0, 0.05) is 0 Å². The Morgan fingerprint density at radius 1 is 1.25 bits per heavy atom. The van der Waals surface area contributed by atoms with E-state index < -0.39 is 0 Å². The molecule has 0 spiro atoms. The summed E-state index contributed by atoms with van der Waals surface area (Å²) < 4.78 is 0. The second-order valence-corrected chi connectivity index (χ2v) is 4.86. The SMILES string of the molecule is CC(C)=C[C@@H](O)C[C@H](C)c1ccc(C)cc1. The van der Waals surface area contributed by atoms with Gasteiger partial charge < -0.3 is 5.11 Å². The Balaban J connectivity index is 2.62. The van der Waals surface area contributed by atoms with Crippen molar-refractivity contribution >= 4 is 0 Å². The molecule has 0 fully saturated rings. The number of aliphatic hydroxyl groups excluding tert-OH is 1. The highest BCUT2D eigenvalue weighted by molar-refractivity contribution is 5.24. The summed E-state index contributed by atoms with van der Waals surface area (Å²) in [7, 11) is 0. The van der Waals surface area contributed by atoms with E-state index in [1.807, 2.05) is 19.9 Å². The van der Waals surface area contributed by atoms with Crippen molar-refractivity contribution in [3.05, 3.63) is 47.0 Å². The molecular formula is C15H22O. The van der Waals surface area contributed by atoms with Crippen LogP contribution in [0.3, 0.4) is 0 Å². The van der Waals surface area contributed by atoms with Crippen LogP contribution in [0.1, 0.15) is 44.2 Å². The fourth-order valence-electron chi connectivity index (χ4n) is 1.85. The third kappa shape index (κ3) is 4.19. The van der Waals surface area contributed by atoms with Gasteiger partial charge in [0.15, 0.2) is 0 Å². The lowest BCUT2D eigenvalue weighted by molar-refractivity contribution is 0.203. The highest BCUT2D eigenvalue weighted by atomic mass is 16.3. The average molecular weight is 218 g/mol. The molecule has 1 N–H and O–H groups in total. The predicted molar refractivity (Wildman–Crippen MR) is 69.6 cm³/mol. The van der Waals surface area contributed by atoms with Crippen LogP contribution in [0.25, 0.3) is 0 Å². The molecule has 0 radical (unpaired) electrons. The third-order valence-electron chi connectivity index (χ3n) is 2.77. The van der Waals surface area contributed by atoms with Crippen LogP contribution in [0.5, 0.6) is 0 Å². The van der Waals surface area contributed by atoms with Crippen LogP contribution in [0.2, 0.25) is 0 Å². The highest BCUT2D eigenvalue weighted by Gasteiger charge is 2.09. The Kier molecular flexibility index (Phi) is 4.75. The van der Waals surface area contributed by atoms with Gasteiger partial charge >= 0.3 is 0 Å². The lowest BCUT2D eigenvalue weighted by atomic mass is 9.94. The Morgan fingerprint density at radius 2 is 1.81 bits per heavy atom. The molecule has 0 bridgehead atoms. The number of hydrogen-bond donors (Lipinski definition) is 1. The minimum absolute atomic E-state index is 0.332. The maximum atomic E-state index is 9.83. The van der Waals surface area contributed by atoms with Gasteiger partial charge in [0.25, 0.3) is 0 Å². The van der Waals surface area contributed by atoms with Gasteiger partial charge in [-0.05, 0) is 38.7 Å². The second kappa shape index (κ2) is 5.86. The summed E-state index contributed by atoms with van der Waals surface area (Å²) in [5.74, 6) is 0.395. The number of benzene rings is 1. The van der Waals surface area contributed by atoms with Crippen LogP contribution in [0.15, 0.2) is 35.9 Å². The lowest BCUT2D eigenvalue weighted by Gasteiger charge is -2.15. The summed E-state index contributed by atoms with van der Waals surface area (Å²) >= 11 is 0. The van der Waals surface area contributed by atoms with Crippen molar-refractivity contribution < 1.29 is 5.11 Å². The van der Waals surface area contributed by atoms with Crippen molar-refractivity contribution in [2.24, 2.45) is 0 Å². The van der Waals surface area contributed by atoms with Crippen LogP contribution in [-0.2, 0) is 0 Å². The van der Waals surface area contributed by atoms with Gasteiger partial charge in [0.1, 0.15) is 0 Å². The van der Waals surface area contributed by atoms with Crippen LogP contribution in [0.4, 0.5) is 0 Å². The number of hydrogen-bond acceptors (Lipinski definition) is 1. The Bertz CT molecular complexity index is 344. The monoisotopic (exact) mass is 218 g/mol. The van der Waals surface area contributed by atoms with E-state index in [9.17, 15) is 5.11 Å². The summed E-state index contributed by atoms with van der Waals surface area (Å²) in [6.45, 7) is 8.28. The summed E-state index contributed by atoms with van der Waals surface area (Å²) in [5.41, 5.74) is 3.75. The quantitative estimate of drug-likeness (QED) is 0.762. The molecular weight excluding hydrogens is 196 g/mol. The summed E-state index contributed by atoms with van der Waals surface area (Å²) in [4.78, 5) is 0. The Morgan fingerprint density at radius 3 is 2.31 bits per heavy atom. The fourth-order valence-corrected chi connectivity index (χ4v) is 1.85. The molecule has 0 saturated carbocycles. The van der Waals surface area contributed by atoms with E-state index in [1.54, 1.807) is 0 Å². The minimum Gasteiger partial charge on any atom is -0.389 e. The number of allylic oxidation sites excluding steroid dienone is 1. The van der Waals surface area contributed by atoms with Gasteiger partial charge in [-0.25, -0.2) is 0 Å². The number of aryl methyl sites for hydroxylation is 1. The maximum absolute atomic E-state index is 9.83. The average Bonchev–Trinajstić information content (AvgIpc) is 2.16. The van der Waals surface area contributed by atoms with Gasteiger partial charge in [-0.3, -0.25) is 0 Å². The first-order chi connectivity index (χ1) is 7.49. The fraction of sp³-hybridized carbons (Fsp3) is 0.467. The minimum atomic E-state index is -0.332. The molecule has 0 aromatic heterocycles. The molecule has 1 rings (SSSR count). The zero-order valence-electron chi connectivity index (χ0n) is 10.7. The van der Waals surface area contributed by atoms with Gasteiger partial charge in [-0.1, -0.05) is 48.4 Å². The van der Waals surface area contributed by atoms with E-state index in [2.05, 4.69) is 38.1 Å². The Hall–Kier alpha value is -1.08. The molecule has 0 saturated heterocycles. The van der Waals surface area contributed by atoms with E-state index >= 15 is 0 Å². The smallest absolute Gasteiger partial charge is 0.0729 e. The summed E-state index contributed by atoms with van der Waals surface area (Å²) in [6, 6.07) is 8.54. The van der Waals surface area contributed by atoms with Crippen molar-refractivity contribution in [2.45, 2.75) is 46.1 Å². The molecule has 0 aliphatic carbocycles. The van der Waals surface area contributed by atoms with E-state index in [0.717, 1.165) is 6.42 Å². The molecule has 1 heteroatoms. The first-order valence-electron chi connectivity index (χ1n) is 5.88. The zero-order chi connectivity index (χ0) is 12.1. The van der Waals surface area contributed by atoms with Gasteiger partial charge in [-0.2, -0.15) is 0 Å². The molecule has 1 nitrogen and oxygen atoms in total. The topological polar surface area (TPSA) is 20.2 Å². The number of aliphatic hydroxyl groups is 1. The molecule has 0 aliphatic heterocycles. The summed E-state index contributed by atoms with van der Waals surface area (Å²) in [5, 5.41) is 9.83. The van der Waals surface area contributed by atoms with Crippen molar-refractivity contribution in [3.8, 4) is 0 Å². The molecule has 1 aromatic carbocycles. The van der Waals surface area contributed by atoms with Crippen molar-refractivity contribution in [1.29, 1.82) is 0 Å². The molecule has 0 unspecified atom stereocenters. The van der Waals surface area contributed by atoms with E-state index in [4.69, 9.17) is 0 Å². The highest BCUT2D eigenvalue weighted by Crippen LogP contribution is 2.21.